The molecule has 1 fully saturated rings. The van der Waals surface area contributed by atoms with Crippen molar-refractivity contribution in [2.75, 3.05) is 26.2 Å². The average molecular weight is 315 g/mol. The summed E-state index contributed by atoms with van der Waals surface area (Å²) in [4.78, 5) is 28.0. The Morgan fingerprint density at radius 2 is 1.96 bits per heavy atom. The number of carbonyl (C=O) groups is 1. The fourth-order valence-corrected chi connectivity index (χ4v) is 2.86. The molecule has 1 aliphatic heterocycles. The monoisotopic (exact) mass is 315 g/mol. The van der Waals surface area contributed by atoms with Crippen LogP contribution in [0.5, 0.6) is 0 Å². The van der Waals surface area contributed by atoms with Gasteiger partial charge in [0.1, 0.15) is 6.26 Å². The van der Waals surface area contributed by atoms with Gasteiger partial charge in [-0.1, -0.05) is 6.07 Å². The first kappa shape index (κ1) is 15.6. The van der Waals surface area contributed by atoms with E-state index in [9.17, 15) is 9.59 Å². The van der Waals surface area contributed by atoms with Crippen LogP contribution in [0.2, 0.25) is 0 Å². The van der Waals surface area contributed by atoms with Crippen LogP contribution in [0.25, 0.3) is 0 Å². The van der Waals surface area contributed by atoms with Gasteiger partial charge in [-0.25, -0.2) is 0 Å². The zero-order valence-corrected chi connectivity index (χ0v) is 13.3. The number of furan rings is 1. The number of pyridine rings is 1. The largest absolute Gasteiger partial charge is 0.472 e. The molecule has 1 amide bonds. The van der Waals surface area contributed by atoms with E-state index in [-0.39, 0.29) is 11.5 Å². The molecule has 6 nitrogen and oxygen atoms in total. The van der Waals surface area contributed by atoms with E-state index in [1.165, 1.54) is 12.5 Å². The van der Waals surface area contributed by atoms with E-state index in [2.05, 4.69) is 4.90 Å². The van der Waals surface area contributed by atoms with Crippen LogP contribution in [0.1, 0.15) is 22.8 Å². The molecular weight excluding hydrogens is 294 g/mol. The molecule has 122 valence electrons. The number of piperazine rings is 1. The molecule has 2 aromatic heterocycles. The van der Waals surface area contributed by atoms with Crippen molar-refractivity contribution in [3.63, 3.8) is 0 Å². The maximum atomic E-state index is 12.3. The van der Waals surface area contributed by atoms with E-state index in [0.717, 1.165) is 25.2 Å². The number of hydrogen-bond acceptors (Lipinski definition) is 4. The van der Waals surface area contributed by atoms with E-state index >= 15 is 0 Å². The van der Waals surface area contributed by atoms with Crippen molar-refractivity contribution >= 4 is 5.91 Å². The first-order chi connectivity index (χ1) is 11.2. The van der Waals surface area contributed by atoms with Gasteiger partial charge >= 0.3 is 0 Å². The molecule has 0 N–H and O–H groups in total. The molecule has 3 heterocycles. The van der Waals surface area contributed by atoms with Crippen LogP contribution in [-0.4, -0.2) is 46.5 Å². The molecule has 6 heteroatoms. The Morgan fingerprint density at radius 3 is 2.61 bits per heavy atom. The van der Waals surface area contributed by atoms with Crippen molar-refractivity contribution in [1.82, 2.24) is 14.4 Å². The summed E-state index contributed by atoms with van der Waals surface area (Å²) in [6.45, 7) is 6.51. The Bertz CT molecular complexity index is 713. The predicted octanol–water partition coefficient (Wildman–Crippen LogP) is 1.42. The average Bonchev–Trinajstić information content (AvgIpc) is 3.11. The number of aryl methyl sites for hydroxylation is 1. The number of hydrogen-bond donors (Lipinski definition) is 0. The highest BCUT2D eigenvalue weighted by Gasteiger charge is 2.22. The molecule has 0 atom stereocenters. The minimum atomic E-state index is 0.0259. The number of nitrogens with zero attached hydrogens (tertiary/aromatic N) is 3. The third kappa shape index (κ3) is 3.53. The molecular formula is C17H21N3O3. The van der Waals surface area contributed by atoms with Crippen molar-refractivity contribution < 1.29 is 9.21 Å². The zero-order chi connectivity index (χ0) is 16.2. The Morgan fingerprint density at radius 1 is 1.17 bits per heavy atom. The lowest BCUT2D eigenvalue weighted by Crippen LogP contribution is -2.48. The molecule has 0 bridgehead atoms. The number of aromatic nitrogens is 1. The molecule has 0 aromatic carbocycles. The van der Waals surface area contributed by atoms with Crippen LogP contribution in [0.15, 0.2) is 46.1 Å². The van der Waals surface area contributed by atoms with E-state index in [0.29, 0.717) is 25.2 Å². The molecule has 0 spiro atoms. The van der Waals surface area contributed by atoms with E-state index in [1.807, 2.05) is 24.1 Å². The summed E-state index contributed by atoms with van der Waals surface area (Å²) in [5.74, 6) is 0.0259. The fourth-order valence-electron chi connectivity index (χ4n) is 2.86. The predicted molar refractivity (Wildman–Crippen MR) is 86.3 cm³/mol. The minimum absolute atomic E-state index is 0.0259. The maximum absolute atomic E-state index is 12.3. The van der Waals surface area contributed by atoms with Crippen molar-refractivity contribution in [2.24, 2.45) is 0 Å². The van der Waals surface area contributed by atoms with Crippen molar-refractivity contribution in [3.05, 3.63) is 58.4 Å². The smallest absolute Gasteiger partial charge is 0.257 e. The van der Waals surface area contributed by atoms with Gasteiger partial charge in [-0.05, 0) is 18.6 Å². The summed E-state index contributed by atoms with van der Waals surface area (Å²) >= 11 is 0. The first-order valence-electron chi connectivity index (χ1n) is 7.90. The second-order valence-electron chi connectivity index (χ2n) is 5.74. The molecule has 0 radical (unpaired) electrons. The Balaban J connectivity index is 1.57. The Kier molecular flexibility index (Phi) is 4.62. The van der Waals surface area contributed by atoms with Crippen LogP contribution in [0, 0.1) is 0 Å². The minimum Gasteiger partial charge on any atom is -0.472 e. The molecule has 0 saturated carbocycles. The third-order valence-electron chi connectivity index (χ3n) is 4.22. The third-order valence-corrected chi connectivity index (χ3v) is 4.22. The highest BCUT2D eigenvalue weighted by Crippen LogP contribution is 2.11. The fraction of sp³-hybridized carbons (Fsp3) is 0.412. The van der Waals surface area contributed by atoms with Gasteiger partial charge in [0.05, 0.1) is 11.8 Å². The summed E-state index contributed by atoms with van der Waals surface area (Å²) < 4.78 is 6.69. The van der Waals surface area contributed by atoms with Gasteiger partial charge in [0.15, 0.2) is 0 Å². The normalized spacial score (nSPS) is 15.8. The van der Waals surface area contributed by atoms with Crippen molar-refractivity contribution in [2.45, 2.75) is 20.0 Å². The summed E-state index contributed by atoms with van der Waals surface area (Å²) in [5, 5.41) is 0. The van der Waals surface area contributed by atoms with Crippen LogP contribution >= 0.6 is 0 Å². The summed E-state index contributed by atoms with van der Waals surface area (Å²) in [7, 11) is 0. The lowest BCUT2D eigenvalue weighted by Gasteiger charge is -2.34. The van der Waals surface area contributed by atoms with Crippen molar-refractivity contribution in [3.8, 4) is 0 Å². The van der Waals surface area contributed by atoms with E-state index < -0.39 is 0 Å². The summed E-state index contributed by atoms with van der Waals surface area (Å²) in [5.41, 5.74) is 1.77. The first-order valence-corrected chi connectivity index (χ1v) is 7.90. The maximum Gasteiger partial charge on any atom is 0.257 e. The lowest BCUT2D eigenvalue weighted by molar-refractivity contribution is 0.0627. The quantitative estimate of drug-likeness (QED) is 0.856. The van der Waals surface area contributed by atoms with Gasteiger partial charge in [0.2, 0.25) is 0 Å². The molecule has 0 aliphatic carbocycles. The second-order valence-corrected chi connectivity index (χ2v) is 5.74. The molecule has 0 unspecified atom stereocenters. The van der Waals surface area contributed by atoms with Crippen LogP contribution in [-0.2, 0) is 13.1 Å². The highest BCUT2D eigenvalue weighted by molar-refractivity contribution is 5.93. The summed E-state index contributed by atoms with van der Waals surface area (Å²) in [6, 6.07) is 5.21. The number of rotatable bonds is 4. The number of carbonyl (C=O) groups excluding carboxylic acids is 1. The molecule has 1 saturated heterocycles. The van der Waals surface area contributed by atoms with Crippen LogP contribution in [0.3, 0.4) is 0 Å². The van der Waals surface area contributed by atoms with Gasteiger partial charge in [-0.3, -0.25) is 14.5 Å². The Hall–Kier alpha value is -2.34. The second kappa shape index (κ2) is 6.83. The van der Waals surface area contributed by atoms with Gasteiger partial charge in [-0.15, -0.1) is 0 Å². The van der Waals surface area contributed by atoms with E-state index in [4.69, 9.17) is 4.42 Å². The van der Waals surface area contributed by atoms with Gasteiger partial charge < -0.3 is 13.9 Å². The van der Waals surface area contributed by atoms with Gasteiger partial charge in [-0.2, -0.15) is 0 Å². The van der Waals surface area contributed by atoms with Gasteiger partial charge in [0, 0.05) is 51.5 Å². The number of amides is 1. The molecule has 3 rings (SSSR count). The highest BCUT2D eigenvalue weighted by atomic mass is 16.3. The Labute approximate surface area is 134 Å². The van der Waals surface area contributed by atoms with Crippen LogP contribution < -0.4 is 5.56 Å². The molecule has 1 aliphatic rings. The standard InChI is InChI=1S/C17H21N3O3/c1-2-19-12-14(3-4-16(19)21)11-18-6-8-20(9-7-18)17(22)15-5-10-23-13-15/h3-5,10,12-13H,2,6-9,11H2,1H3. The SMILES string of the molecule is CCn1cc(CN2CCN(C(=O)c3ccoc3)CC2)ccc1=O. The lowest BCUT2D eigenvalue weighted by atomic mass is 10.2. The topological polar surface area (TPSA) is 58.7 Å². The molecule has 2 aromatic rings. The van der Waals surface area contributed by atoms with Crippen LogP contribution in [0.4, 0.5) is 0 Å². The van der Waals surface area contributed by atoms with Crippen molar-refractivity contribution in [1.29, 1.82) is 0 Å². The van der Waals surface area contributed by atoms with Gasteiger partial charge in [0.25, 0.3) is 11.5 Å². The molecule has 23 heavy (non-hydrogen) atoms. The van der Waals surface area contributed by atoms with E-state index in [1.54, 1.807) is 16.7 Å². The summed E-state index contributed by atoms with van der Waals surface area (Å²) in [6.07, 6.45) is 4.93. The zero-order valence-electron chi connectivity index (χ0n) is 13.3.